The number of hydrogen-bond donors (Lipinski definition) is 1. The van der Waals surface area contributed by atoms with Crippen LogP contribution >= 0.6 is 11.8 Å². The predicted molar refractivity (Wildman–Crippen MR) is 82.0 cm³/mol. The average Bonchev–Trinajstić information content (AvgIpc) is 2.45. The Hall–Kier alpha value is -0.780. The molecule has 1 N–H and O–H groups in total. The zero-order chi connectivity index (χ0) is 13.5. The minimum Gasteiger partial charge on any atom is -0.383 e. The molecule has 0 aliphatic carbocycles. The van der Waals surface area contributed by atoms with Crippen LogP contribution in [0.25, 0.3) is 0 Å². The van der Waals surface area contributed by atoms with Crippen molar-refractivity contribution in [2.45, 2.75) is 19.5 Å². The number of nitrogens with zero attached hydrogens (tertiary/aromatic N) is 2. The van der Waals surface area contributed by atoms with E-state index in [1.54, 1.807) is 7.11 Å². The van der Waals surface area contributed by atoms with E-state index in [2.05, 4.69) is 34.3 Å². The van der Waals surface area contributed by atoms with Gasteiger partial charge in [0.05, 0.1) is 6.61 Å². The lowest BCUT2D eigenvalue weighted by atomic mass is 10.2. The molecule has 0 saturated carbocycles. The molecule has 1 aromatic rings. The monoisotopic (exact) mass is 281 g/mol. The zero-order valence-corrected chi connectivity index (χ0v) is 12.6. The van der Waals surface area contributed by atoms with E-state index >= 15 is 0 Å². The molecule has 1 aliphatic rings. The highest BCUT2D eigenvalue weighted by atomic mass is 32.2. The first-order chi connectivity index (χ1) is 9.31. The third kappa shape index (κ3) is 4.37. The first kappa shape index (κ1) is 14.6. The topological polar surface area (TPSA) is 37.4 Å². The number of aromatic nitrogens is 1. The molecule has 2 heterocycles. The van der Waals surface area contributed by atoms with Gasteiger partial charge < -0.3 is 15.0 Å². The van der Waals surface area contributed by atoms with Crippen LogP contribution in [-0.2, 0) is 11.3 Å². The smallest absolute Gasteiger partial charge is 0.128 e. The van der Waals surface area contributed by atoms with Crippen molar-refractivity contribution in [1.82, 2.24) is 10.3 Å². The molecule has 1 unspecified atom stereocenters. The number of rotatable bonds is 6. The Morgan fingerprint density at radius 3 is 3.11 bits per heavy atom. The summed E-state index contributed by atoms with van der Waals surface area (Å²) in [7, 11) is 1.72. The van der Waals surface area contributed by atoms with Crippen molar-refractivity contribution in [1.29, 1.82) is 0 Å². The third-order valence-corrected chi connectivity index (χ3v) is 4.47. The minimum absolute atomic E-state index is 0.580. The minimum atomic E-state index is 0.580. The molecule has 0 bridgehead atoms. The van der Waals surface area contributed by atoms with Crippen molar-refractivity contribution in [2.75, 3.05) is 43.2 Å². The highest BCUT2D eigenvalue weighted by Gasteiger charge is 2.19. The summed E-state index contributed by atoms with van der Waals surface area (Å²) in [5.41, 5.74) is 1.22. The van der Waals surface area contributed by atoms with Crippen molar-refractivity contribution in [2.24, 2.45) is 0 Å². The summed E-state index contributed by atoms with van der Waals surface area (Å²) in [5.74, 6) is 3.50. The van der Waals surface area contributed by atoms with Crippen LogP contribution in [0.1, 0.15) is 12.5 Å². The second kappa shape index (κ2) is 7.72. The summed E-state index contributed by atoms with van der Waals surface area (Å²) >= 11 is 2.03. The van der Waals surface area contributed by atoms with E-state index in [9.17, 15) is 0 Å². The van der Waals surface area contributed by atoms with Gasteiger partial charge in [-0.1, -0.05) is 6.07 Å². The molecular weight excluding hydrogens is 258 g/mol. The van der Waals surface area contributed by atoms with Gasteiger partial charge in [0.25, 0.3) is 0 Å². The first-order valence-electron chi connectivity index (χ1n) is 6.80. The van der Waals surface area contributed by atoms with Crippen LogP contribution in [0.2, 0.25) is 0 Å². The maximum atomic E-state index is 5.00. The van der Waals surface area contributed by atoms with Gasteiger partial charge in [-0.15, -0.1) is 0 Å². The molecule has 1 aromatic heterocycles. The van der Waals surface area contributed by atoms with E-state index in [-0.39, 0.29) is 0 Å². The molecule has 1 aliphatic heterocycles. The second-order valence-electron chi connectivity index (χ2n) is 4.81. The number of methoxy groups -OCH3 is 1. The molecule has 2 rings (SSSR count). The summed E-state index contributed by atoms with van der Waals surface area (Å²) in [6.45, 7) is 5.84. The van der Waals surface area contributed by atoms with E-state index in [1.165, 1.54) is 17.1 Å². The Bertz CT molecular complexity index is 371. The molecule has 106 valence electrons. The van der Waals surface area contributed by atoms with Gasteiger partial charge in [0.2, 0.25) is 0 Å². The van der Waals surface area contributed by atoms with Crippen LogP contribution in [0.15, 0.2) is 18.3 Å². The third-order valence-electron chi connectivity index (χ3n) is 3.28. The van der Waals surface area contributed by atoms with Crippen molar-refractivity contribution < 1.29 is 4.74 Å². The highest BCUT2D eigenvalue weighted by Crippen LogP contribution is 2.22. The summed E-state index contributed by atoms with van der Waals surface area (Å²) in [5, 5.41) is 3.33. The maximum Gasteiger partial charge on any atom is 0.128 e. The number of ether oxygens (including phenoxy) is 1. The van der Waals surface area contributed by atoms with E-state index in [0.717, 1.165) is 32.1 Å². The molecule has 0 radical (unpaired) electrons. The van der Waals surface area contributed by atoms with Crippen molar-refractivity contribution in [3.8, 4) is 0 Å². The highest BCUT2D eigenvalue weighted by molar-refractivity contribution is 7.99. The lowest BCUT2D eigenvalue weighted by Gasteiger charge is -2.34. The van der Waals surface area contributed by atoms with Crippen LogP contribution in [0.3, 0.4) is 0 Å². The Morgan fingerprint density at radius 2 is 2.42 bits per heavy atom. The SMILES string of the molecule is COCCNCc1ccc(N2CCSCC2C)nc1. The molecule has 1 fully saturated rings. The van der Waals surface area contributed by atoms with Gasteiger partial charge in [-0.05, 0) is 18.6 Å². The van der Waals surface area contributed by atoms with E-state index in [0.29, 0.717) is 6.04 Å². The van der Waals surface area contributed by atoms with Crippen LogP contribution in [-0.4, -0.2) is 49.3 Å². The Kier molecular flexibility index (Phi) is 5.94. The van der Waals surface area contributed by atoms with Gasteiger partial charge >= 0.3 is 0 Å². The number of hydrogen-bond acceptors (Lipinski definition) is 5. The number of anilines is 1. The summed E-state index contributed by atoms with van der Waals surface area (Å²) in [4.78, 5) is 7.00. The second-order valence-corrected chi connectivity index (χ2v) is 5.96. The average molecular weight is 281 g/mol. The Balaban J connectivity index is 1.87. The fourth-order valence-electron chi connectivity index (χ4n) is 2.17. The number of nitrogens with one attached hydrogen (secondary N) is 1. The van der Waals surface area contributed by atoms with Crippen LogP contribution in [0.4, 0.5) is 5.82 Å². The lowest BCUT2D eigenvalue weighted by molar-refractivity contribution is 0.199. The van der Waals surface area contributed by atoms with Crippen molar-refractivity contribution in [3.05, 3.63) is 23.9 Å². The molecule has 1 saturated heterocycles. The van der Waals surface area contributed by atoms with E-state index in [1.807, 2.05) is 18.0 Å². The van der Waals surface area contributed by atoms with Gasteiger partial charge in [0, 0.05) is 50.5 Å². The summed E-state index contributed by atoms with van der Waals surface area (Å²) < 4.78 is 5.00. The Labute approximate surface area is 119 Å². The largest absolute Gasteiger partial charge is 0.383 e. The van der Waals surface area contributed by atoms with E-state index < -0.39 is 0 Å². The lowest BCUT2D eigenvalue weighted by Crippen LogP contribution is -2.40. The zero-order valence-electron chi connectivity index (χ0n) is 11.8. The molecule has 0 aromatic carbocycles. The van der Waals surface area contributed by atoms with Gasteiger partial charge in [-0.3, -0.25) is 0 Å². The molecule has 1 atom stereocenters. The molecule has 4 nitrogen and oxygen atoms in total. The Morgan fingerprint density at radius 1 is 1.53 bits per heavy atom. The van der Waals surface area contributed by atoms with Gasteiger partial charge in [-0.2, -0.15) is 11.8 Å². The number of thioether (sulfide) groups is 1. The van der Waals surface area contributed by atoms with Crippen molar-refractivity contribution >= 4 is 17.6 Å². The van der Waals surface area contributed by atoms with Crippen molar-refractivity contribution in [3.63, 3.8) is 0 Å². The van der Waals surface area contributed by atoms with E-state index in [4.69, 9.17) is 4.74 Å². The summed E-state index contributed by atoms with van der Waals surface area (Å²) in [6.07, 6.45) is 1.98. The van der Waals surface area contributed by atoms with Crippen LogP contribution in [0.5, 0.6) is 0 Å². The molecule has 19 heavy (non-hydrogen) atoms. The maximum absolute atomic E-state index is 5.00. The molecule has 0 amide bonds. The van der Waals surface area contributed by atoms with Crippen LogP contribution in [0, 0.1) is 0 Å². The predicted octanol–water partition coefficient (Wildman–Crippen LogP) is 1.76. The van der Waals surface area contributed by atoms with Gasteiger partial charge in [0.15, 0.2) is 0 Å². The fourth-order valence-corrected chi connectivity index (χ4v) is 3.18. The summed E-state index contributed by atoms with van der Waals surface area (Å²) in [6, 6.07) is 4.88. The first-order valence-corrected chi connectivity index (χ1v) is 7.95. The quantitative estimate of drug-likeness (QED) is 0.804. The fraction of sp³-hybridized carbons (Fsp3) is 0.643. The molecule has 5 heteroatoms. The molecular formula is C14H23N3OS. The normalized spacial score (nSPS) is 19.7. The standard InChI is InChI=1S/C14H23N3OS/c1-12-11-19-8-6-17(12)14-4-3-13(10-16-14)9-15-5-7-18-2/h3-4,10,12,15H,5-9,11H2,1-2H3. The number of pyridine rings is 1. The van der Waals surface area contributed by atoms with Crippen LogP contribution < -0.4 is 10.2 Å². The molecule has 0 spiro atoms. The van der Waals surface area contributed by atoms with Gasteiger partial charge in [-0.25, -0.2) is 4.98 Å². The van der Waals surface area contributed by atoms with Gasteiger partial charge in [0.1, 0.15) is 5.82 Å².